The van der Waals surface area contributed by atoms with Crippen molar-refractivity contribution in [1.29, 1.82) is 0 Å². The van der Waals surface area contributed by atoms with Crippen LogP contribution in [0.15, 0.2) is 0 Å². The summed E-state index contributed by atoms with van der Waals surface area (Å²) in [5.74, 6) is 1.02. The van der Waals surface area contributed by atoms with Crippen LogP contribution >= 0.6 is 0 Å². The van der Waals surface area contributed by atoms with E-state index in [2.05, 4.69) is 34.6 Å². The van der Waals surface area contributed by atoms with Gasteiger partial charge in [0.2, 0.25) is 0 Å². The Morgan fingerprint density at radius 1 is 0.562 bits per heavy atom. The van der Waals surface area contributed by atoms with Gasteiger partial charge in [-0.2, -0.15) is 0 Å². The van der Waals surface area contributed by atoms with Crippen LogP contribution in [0.2, 0.25) is 0 Å². The second kappa shape index (κ2) is 17.4. The second-order valence-corrected chi connectivity index (χ2v) is 4.91. The lowest BCUT2D eigenvalue weighted by Crippen LogP contribution is -1.98. The molecule has 100 valence electrons. The molecule has 0 aliphatic heterocycles. The third-order valence-electron chi connectivity index (χ3n) is 3.22. The lowest BCUT2D eigenvalue weighted by atomic mass is 9.94. The van der Waals surface area contributed by atoms with E-state index in [0.29, 0.717) is 0 Å². The van der Waals surface area contributed by atoms with E-state index in [-0.39, 0.29) is 0 Å². The molecule has 0 bridgehead atoms. The van der Waals surface area contributed by atoms with Crippen LogP contribution in [-0.4, -0.2) is 0 Å². The molecule has 0 spiro atoms. The van der Waals surface area contributed by atoms with Crippen molar-refractivity contribution >= 4 is 0 Å². The van der Waals surface area contributed by atoms with E-state index in [1.165, 1.54) is 64.2 Å². The monoisotopic (exact) mass is 228 g/mol. The highest BCUT2D eigenvalue weighted by Gasteiger charge is 2.03. The molecular formula is C16H36. The van der Waals surface area contributed by atoms with E-state index in [4.69, 9.17) is 0 Å². The summed E-state index contributed by atoms with van der Waals surface area (Å²) in [5, 5.41) is 0. The molecule has 0 aromatic rings. The molecule has 0 rings (SSSR count). The van der Waals surface area contributed by atoms with Crippen LogP contribution in [0.3, 0.4) is 0 Å². The Labute approximate surface area is 105 Å². The predicted molar refractivity (Wildman–Crippen MR) is 78.0 cm³/mol. The Morgan fingerprint density at radius 3 is 1.12 bits per heavy atom. The minimum absolute atomic E-state index is 1.02. The maximum absolute atomic E-state index is 2.33. The van der Waals surface area contributed by atoms with Gasteiger partial charge in [0.05, 0.1) is 0 Å². The molecule has 16 heavy (non-hydrogen) atoms. The van der Waals surface area contributed by atoms with Crippen molar-refractivity contribution < 1.29 is 0 Å². The summed E-state index contributed by atoms with van der Waals surface area (Å²) < 4.78 is 0. The lowest BCUT2D eigenvalue weighted by Gasteiger charge is -2.12. The highest BCUT2D eigenvalue weighted by molar-refractivity contribution is 4.56. The molecule has 0 heterocycles. The van der Waals surface area contributed by atoms with Gasteiger partial charge in [0.1, 0.15) is 0 Å². The molecule has 0 saturated heterocycles. The van der Waals surface area contributed by atoms with E-state index in [1.54, 1.807) is 0 Å². The van der Waals surface area contributed by atoms with E-state index in [9.17, 15) is 0 Å². The van der Waals surface area contributed by atoms with Gasteiger partial charge in [-0.1, -0.05) is 98.8 Å². The third-order valence-corrected chi connectivity index (χ3v) is 3.22. The van der Waals surface area contributed by atoms with Gasteiger partial charge in [-0.25, -0.2) is 0 Å². The van der Waals surface area contributed by atoms with Crippen LogP contribution < -0.4 is 0 Å². The van der Waals surface area contributed by atoms with Crippen molar-refractivity contribution in [3.63, 3.8) is 0 Å². The number of unbranched alkanes of at least 4 members (excludes halogenated alkanes) is 4. The lowest BCUT2D eigenvalue weighted by molar-refractivity contribution is 0.408. The standard InChI is InChI=1S/C11H24.C5H12/c1-4-7-9-11(6-3)10-8-5-2;1-3-5-4-2/h11H,4-10H2,1-3H3;3-5H2,1-2H3. The van der Waals surface area contributed by atoms with Gasteiger partial charge >= 0.3 is 0 Å². The molecule has 0 N–H and O–H groups in total. The summed E-state index contributed by atoms with van der Waals surface area (Å²) in [6.07, 6.45) is 14.0. The minimum Gasteiger partial charge on any atom is -0.0654 e. The van der Waals surface area contributed by atoms with Crippen LogP contribution in [0.1, 0.15) is 98.8 Å². The fourth-order valence-electron chi connectivity index (χ4n) is 1.89. The first-order chi connectivity index (χ1) is 7.76. The summed E-state index contributed by atoms with van der Waals surface area (Å²) in [6, 6.07) is 0. The summed E-state index contributed by atoms with van der Waals surface area (Å²) in [7, 11) is 0. The summed E-state index contributed by atoms with van der Waals surface area (Å²) >= 11 is 0. The average molecular weight is 228 g/mol. The largest absolute Gasteiger partial charge is 0.0654 e. The molecular weight excluding hydrogens is 192 g/mol. The smallest absolute Gasteiger partial charge is 0.0417 e. The summed E-state index contributed by atoms with van der Waals surface area (Å²) in [5.41, 5.74) is 0. The van der Waals surface area contributed by atoms with Crippen molar-refractivity contribution in [3.8, 4) is 0 Å². The van der Waals surface area contributed by atoms with Gasteiger partial charge < -0.3 is 0 Å². The second-order valence-electron chi connectivity index (χ2n) is 4.91. The molecule has 0 fully saturated rings. The van der Waals surface area contributed by atoms with E-state index in [1.807, 2.05) is 0 Å². The van der Waals surface area contributed by atoms with E-state index in [0.717, 1.165) is 5.92 Å². The zero-order chi connectivity index (χ0) is 12.6. The Morgan fingerprint density at radius 2 is 0.938 bits per heavy atom. The molecule has 0 saturated carbocycles. The predicted octanol–water partition coefficient (Wildman–Crippen LogP) is 6.59. The molecule has 0 aliphatic carbocycles. The van der Waals surface area contributed by atoms with Crippen LogP contribution in [0.25, 0.3) is 0 Å². The first-order valence-electron chi connectivity index (χ1n) is 7.76. The van der Waals surface area contributed by atoms with Crippen LogP contribution in [0, 0.1) is 5.92 Å². The Hall–Kier alpha value is 0. The zero-order valence-electron chi connectivity index (χ0n) is 12.6. The maximum Gasteiger partial charge on any atom is -0.0417 e. The van der Waals surface area contributed by atoms with Gasteiger partial charge in [0.15, 0.2) is 0 Å². The minimum atomic E-state index is 1.02. The zero-order valence-corrected chi connectivity index (χ0v) is 12.6. The highest BCUT2D eigenvalue weighted by atomic mass is 14.1. The summed E-state index contributed by atoms with van der Waals surface area (Å²) in [4.78, 5) is 0. The molecule has 0 heteroatoms. The van der Waals surface area contributed by atoms with Gasteiger partial charge in [-0.15, -0.1) is 0 Å². The van der Waals surface area contributed by atoms with Gasteiger partial charge in [-0.05, 0) is 5.92 Å². The van der Waals surface area contributed by atoms with Crippen LogP contribution in [0.4, 0.5) is 0 Å². The fraction of sp³-hybridized carbons (Fsp3) is 1.00. The fourth-order valence-corrected chi connectivity index (χ4v) is 1.89. The van der Waals surface area contributed by atoms with Gasteiger partial charge in [0.25, 0.3) is 0 Å². The Kier molecular flexibility index (Phi) is 20.0. The van der Waals surface area contributed by atoms with Crippen molar-refractivity contribution in [2.24, 2.45) is 5.92 Å². The number of hydrogen-bond acceptors (Lipinski definition) is 0. The normalized spacial score (nSPS) is 10.1. The molecule has 0 atom stereocenters. The van der Waals surface area contributed by atoms with Crippen molar-refractivity contribution in [2.75, 3.05) is 0 Å². The number of rotatable bonds is 9. The first kappa shape index (κ1) is 18.4. The van der Waals surface area contributed by atoms with Crippen molar-refractivity contribution in [2.45, 2.75) is 98.8 Å². The molecule has 0 aromatic heterocycles. The van der Waals surface area contributed by atoms with E-state index < -0.39 is 0 Å². The van der Waals surface area contributed by atoms with Crippen LogP contribution in [-0.2, 0) is 0 Å². The SMILES string of the molecule is CCCCC.CCCCC(CC)CCCC. The molecule has 0 radical (unpaired) electrons. The average Bonchev–Trinajstić information content (AvgIpc) is 2.31. The first-order valence-corrected chi connectivity index (χ1v) is 7.76. The number of hydrogen-bond donors (Lipinski definition) is 0. The highest BCUT2D eigenvalue weighted by Crippen LogP contribution is 2.18. The van der Waals surface area contributed by atoms with Crippen molar-refractivity contribution in [3.05, 3.63) is 0 Å². The van der Waals surface area contributed by atoms with Gasteiger partial charge in [-0.3, -0.25) is 0 Å². The molecule has 0 aromatic carbocycles. The molecule has 0 aliphatic rings. The summed E-state index contributed by atoms with van der Waals surface area (Å²) in [6.45, 7) is 11.3. The topological polar surface area (TPSA) is 0 Å². The quantitative estimate of drug-likeness (QED) is 0.417. The molecule has 0 amide bonds. The van der Waals surface area contributed by atoms with Gasteiger partial charge in [0, 0.05) is 0 Å². The maximum atomic E-state index is 2.33. The van der Waals surface area contributed by atoms with Crippen molar-refractivity contribution in [1.82, 2.24) is 0 Å². The molecule has 0 nitrogen and oxygen atoms in total. The van der Waals surface area contributed by atoms with E-state index >= 15 is 0 Å². The van der Waals surface area contributed by atoms with Crippen LogP contribution in [0.5, 0.6) is 0 Å². The molecule has 0 unspecified atom stereocenters. The Bertz CT molecular complexity index is 86.2. The third kappa shape index (κ3) is 16.4. The Balaban J connectivity index is 0.